The number of aromatic nitrogens is 2. The van der Waals surface area contributed by atoms with E-state index in [-0.39, 0.29) is 11.1 Å². The van der Waals surface area contributed by atoms with Gasteiger partial charge in [-0.3, -0.25) is 0 Å². The molecule has 1 aromatic heterocycles. The molecule has 6 aromatic rings. The van der Waals surface area contributed by atoms with Crippen LogP contribution < -0.4 is 15.9 Å². The van der Waals surface area contributed by atoms with Gasteiger partial charge in [0.1, 0.15) is 0 Å². The third kappa shape index (κ3) is 4.25. The molecular weight excluding hydrogens is 535 g/mol. The molecule has 0 amide bonds. The van der Waals surface area contributed by atoms with Crippen LogP contribution in [0.1, 0.15) is 11.3 Å². The number of benzene rings is 5. The van der Waals surface area contributed by atoms with Crippen LogP contribution in [-0.2, 0) is 20.3 Å². The third-order valence-corrected chi connectivity index (χ3v) is 15.5. The maximum atomic E-state index is 14.5. The normalized spacial score (nSPS) is 13.1. The number of para-hydroxylation sites is 1. The van der Waals surface area contributed by atoms with Gasteiger partial charge < -0.3 is 0 Å². The zero-order valence-corrected chi connectivity index (χ0v) is 23.7. The Morgan fingerprint density at radius 3 is 1.65 bits per heavy atom. The van der Waals surface area contributed by atoms with Crippen molar-refractivity contribution in [3.63, 3.8) is 0 Å². The molecule has 0 fully saturated rings. The van der Waals surface area contributed by atoms with Crippen LogP contribution in [0.15, 0.2) is 144 Å². The van der Waals surface area contributed by atoms with Crippen molar-refractivity contribution >= 4 is 43.8 Å². The summed E-state index contributed by atoms with van der Waals surface area (Å²) < 4.78 is 35.9. The topological polar surface area (TPSA) is 72.1 Å². The average Bonchev–Trinajstić information content (AvgIpc) is 3.40. The monoisotopic (exact) mass is 564 g/mol. The van der Waals surface area contributed by atoms with E-state index >= 15 is 0 Å². The molecule has 7 heteroatoms. The SMILES string of the molecule is Cc1ccc(S(=O)(=O)OP(Cc2[nH]nc3ccccc23)(c2ccccc2)(c2ccccc2)c2ccccc2)cc1. The molecule has 0 unspecified atom stereocenters. The molecule has 200 valence electrons. The molecule has 0 radical (unpaired) electrons. The first kappa shape index (κ1) is 26.1. The maximum absolute atomic E-state index is 14.5. The van der Waals surface area contributed by atoms with E-state index in [0.717, 1.165) is 38.1 Å². The minimum absolute atomic E-state index is 0.115. The summed E-state index contributed by atoms with van der Waals surface area (Å²) in [6, 6.07) is 44.0. The van der Waals surface area contributed by atoms with Crippen LogP contribution >= 0.6 is 6.83 Å². The first-order valence-electron chi connectivity index (χ1n) is 13.1. The summed E-state index contributed by atoms with van der Waals surface area (Å²) in [5, 5.41) is 11.2. The fourth-order valence-electron chi connectivity index (χ4n) is 5.51. The Bertz CT molecular complexity index is 1770. The van der Waals surface area contributed by atoms with Crippen LogP contribution in [0.25, 0.3) is 10.9 Å². The molecule has 1 heterocycles. The van der Waals surface area contributed by atoms with Crippen LogP contribution in [0.3, 0.4) is 0 Å². The van der Waals surface area contributed by atoms with Crippen LogP contribution in [0, 0.1) is 6.92 Å². The van der Waals surface area contributed by atoms with Gasteiger partial charge in [-0.25, -0.2) is 0 Å². The van der Waals surface area contributed by atoms with E-state index in [1.54, 1.807) is 24.3 Å². The first-order chi connectivity index (χ1) is 19.4. The quantitative estimate of drug-likeness (QED) is 0.223. The summed E-state index contributed by atoms with van der Waals surface area (Å²) in [5.41, 5.74) is 2.59. The number of fused-ring (bicyclic) bond motifs is 1. The zero-order chi connectivity index (χ0) is 27.7. The summed E-state index contributed by atoms with van der Waals surface area (Å²) in [7, 11) is -4.27. The standard InChI is InChI=1S/C33H29N2O3PS/c1-26-21-23-30(24-22-26)40(36,37)38-39(27-13-5-2-6-14-27,28-15-7-3-8-16-28,29-17-9-4-10-18-29)25-33-31-19-11-12-20-32(31)34-35-33/h2-24H,25H2,1H3,(H,34,35). The molecule has 40 heavy (non-hydrogen) atoms. The molecule has 5 aromatic carbocycles. The second-order valence-electron chi connectivity index (χ2n) is 9.94. The molecule has 0 spiro atoms. The van der Waals surface area contributed by atoms with Crippen LogP contribution in [-0.4, -0.2) is 18.6 Å². The number of nitrogens with one attached hydrogen (secondary N) is 1. The summed E-state index contributed by atoms with van der Waals surface area (Å²) in [6.45, 7) is -2.40. The fraction of sp³-hybridized carbons (Fsp3) is 0.0606. The van der Waals surface area contributed by atoms with Crippen molar-refractivity contribution in [3.8, 4) is 0 Å². The van der Waals surface area contributed by atoms with Gasteiger partial charge >= 0.3 is 235 Å². The summed E-state index contributed by atoms with van der Waals surface area (Å²) in [6.07, 6.45) is 0.259. The summed E-state index contributed by atoms with van der Waals surface area (Å²) in [4.78, 5) is 0.115. The number of hydrogen-bond donors (Lipinski definition) is 1. The predicted molar refractivity (Wildman–Crippen MR) is 164 cm³/mol. The summed E-state index contributed by atoms with van der Waals surface area (Å²) in [5.74, 6) is 0. The average molecular weight is 565 g/mol. The van der Waals surface area contributed by atoms with Gasteiger partial charge in [0.25, 0.3) is 0 Å². The molecule has 1 N–H and O–H groups in total. The Morgan fingerprint density at radius 1 is 0.650 bits per heavy atom. The van der Waals surface area contributed by atoms with Crippen LogP contribution in [0.2, 0.25) is 0 Å². The van der Waals surface area contributed by atoms with Gasteiger partial charge in [0.2, 0.25) is 0 Å². The number of H-pyrrole nitrogens is 1. The molecule has 0 bridgehead atoms. The van der Waals surface area contributed by atoms with Crippen LogP contribution in [0.5, 0.6) is 0 Å². The van der Waals surface area contributed by atoms with Gasteiger partial charge in [0.15, 0.2) is 0 Å². The molecule has 0 saturated carbocycles. The third-order valence-electron chi connectivity index (χ3n) is 7.48. The summed E-state index contributed by atoms with van der Waals surface area (Å²) >= 11 is 0. The van der Waals surface area contributed by atoms with Crippen molar-refractivity contribution in [2.24, 2.45) is 0 Å². The Hall–Kier alpha value is -4.09. The van der Waals surface area contributed by atoms with Gasteiger partial charge in [0.05, 0.1) is 0 Å². The van der Waals surface area contributed by atoms with E-state index < -0.39 is 16.9 Å². The zero-order valence-electron chi connectivity index (χ0n) is 22.0. The van der Waals surface area contributed by atoms with Crippen molar-refractivity contribution in [2.75, 3.05) is 0 Å². The molecular formula is C33H29N2O3PS. The van der Waals surface area contributed by atoms with E-state index in [4.69, 9.17) is 3.97 Å². The second-order valence-corrected chi connectivity index (χ2v) is 16.2. The number of rotatable bonds is 8. The van der Waals surface area contributed by atoms with Crippen molar-refractivity contribution in [1.29, 1.82) is 0 Å². The second kappa shape index (κ2) is 10.1. The number of hydrogen-bond acceptors (Lipinski definition) is 4. The van der Waals surface area contributed by atoms with Crippen LogP contribution in [0.4, 0.5) is 0 Å². The van der Waals surface area contributed by atoms with Gasteiger partial charge in [-0.15, -0.1) is 0 Å². The van der Waals surface area contributed by atoms with Gasteiger partial charge in [-0.1, -0.05) is 0 Å². The van der Waals surface area contributed by atoms with E-state index in [0.29, 0.717) is 0 Å². The van der Waals surface area contributed by atoms with Crippen molar-refractivity contribution in [1.82, 2.24) is 10.2 Å². The van der Waals surface area contributed by atoms with E-state index in [9.17, 15) is 8.42 Å². The van der Waals surface area contributed by atoms with Crippen molar-refractivity contribution < 1.29 is 12.4 Å². The molecule has 0 aliphatic carbocycles. The molecule has 0 aliphatic heterocycles. The molecule has 0 aliphatic rings. The van der Waals surface area contributed by atoms with Gasteiger partial charge in [-0.05, 0) is 0 Å². The van der Waals surface area contributed by atoms with Gasteiger partial charge in [0, 0.05) is 0 Å². The number of aromatic amines is 1. The number of aryl methyl sites for hydroxylation is 1. The number of nitrogens with zero attached hydrogens (tertiary/aromatic N) is 1. The molecule has 5 nitrogen and oxygen atoms in total. The Morgan fingerprint density at radius 2 is 1.12 bits per heavy atom. The first-order valence-corrected chi connectivity index (χ1v) is 16.8. The minimum atomic E-state index is -4.32. The van der Waals surface area contributed by atoms with Gasteiger partial charge in [-0.2, -0.15) is 0 Å². The van der Waals surface area contributed by atoms with Crippen molar-refractivity contribution in [3.05, 3.63) is 151 Å². The van der Waals surface area contributed by atoms with E-state index in [1.807, 2.05) is 122 Å². The Kier molecular flexibility index (Phi) is 6.63. The van der Waals surface area contributed by atoms with E-state index in [2.05, 4.69) is 10.2 Å². The molecule has 0 saturated heterocycles. The molecule has 0 atom stereocenters. The van der Waals surface area contributed by atoms with Crippen molar-refractivity contribution in [2.45, 2.75) is 18.0 Å². The molecule has 6 rings (SSSR count). The fourth-order valence-corrected chi connectivity index (χ4v) is 14.0. The Balaban J connectivity index is 1.77. The predicted octanol–water partition coefficient (Wildman–Crippen LogP) is 6.22. The Labute approximate surface area is 234 Å². The van der Waals surface area contributed by atoms with E-state index in [1.165, 1.54) is 0 Å².